The number of amides is 1. The first kappa shape index (κ1) is 22.9. The minimum Gasteiger partial charge on any atom is -0.496 e. The summed E-state index contributed by atoms with van der Waals surface area (Å²) < 4.78 is 8.39. The van der Waals surface area contributed by atoms with Crippen LogP contribution in [0.1, 0.15) is 39.6 Å². The van der Waals surface area contributed by atoms with Crippen LogP contribution < -0.4 is 21.3 Å². The van der Waals surface area contributed by atoms with Gasteiger partial charge in [0.1, 0.15) is 10.6 Å². The van der Waals surface area contributed by atoms with Crippen LogP contribution in [-0.4, -0.2) is 53.7 Å². The van der Waals surface area contributed by atoms with Gasteiger partial charge in [0.05, 0.1) is 17.4 Å². The van der Waals surface area contributed by atoms with Gasteiger partial charge >= 0.3 is 5.69 Å². The molecule has 1 N–H and O–H groups in total. The molecule has 1 aliphatic carbocycles. The highest BCUT2D eigenvalue weighted by atomic mass is 32.1. The second-order valence-electron chi connectivity index (χ2n) is 9.47. The van der Waals surface area contributed by atoms with Crippen molar-refractivity contribution in [2.24, 2.45) is 13.0 Å². The average Bonchev–Trinajstić information content (AvgIpc) is 3.47. The van der Waals surface area contributed by atoms with Gasteiger partial charge in [-0.1, -0.05) is 12.1 Å². The Kier molecular flexibility index (Phi) is 5.85. The molecule has 1 aromatic carbocycles. The van der Waals surface area contributed by atoms with Crippen molar-refractivity contribution < 1.29 is 9.53 Å². The van der Waals surface area contributed by atoms with Crippen LogP contribution >= 0.6 is 11.3 Å². The first-order valence-electron chi connectivity index (χ1n) is 11.7. The lowest BCUT2D eigenvalue weighted by Crippen LogP contribution is -2.40. The van der Waals surface area contributed by atoms with E-state index in [9.17, 15) is 14.4 Å². The van der Waals surface area contributed by atoms with Crippen molar-refractivity contribution in [2.75, 3.05) is 27.7 Å². The monoisotopic (exact) mass is 482 g/mol. The summed E-state index contributed by atoms with van der Waals surface area (Å²) in [5.74, 6) is 1.68. The first-order chi connectivity index (χ1) is 16.3. The van der Waals surface area contributed by atoms with Gasteiger partial charge in [-0.25, -0.2) is 4.79 Å². The molecule has 1 unspecified atom stereocenters. The fourth-order valence-corrected chi connectivity index (χ4v) is 6.82. The molecule has 5 rings (SSSR count). The van der Waals surface area contributed by atoms with Crippen LogP contribution in [0.3, 0.4) is 0 Å². The standard InChI is InChI=1S/C25H30N4O4S/c1-27(2)23(31)21-12-17-22(30)29(25(32)28(3)24(17)34-21)11-10-19-15-8-9-16-14(18(15)13-26-19)6-5-7-20(16)33-4/h5-7,12,15,18-19,26H,8-11,13H2,1-4H3/t15-,18+,19?/m1/s1. The topological polar surface area (TPSA) is 85.6 Å². The summed E-state index contributed by atoms with van der Waals surface area (Å²) >= 11 is 1.19. The summed E-state index contributed by atoms with van der Waals surface area (Å²) in [5.41, 5.74) is 2.01. The van der Waals surface area contributed by atoms with Crippen LogP contribution in [0.5, 0.6) is 5.75 Å². The number of hydrogen-bond acceptors (Lipinski definition) is 6. The number of carbonyl (C=O) groups is 1. The average molecular weight is 483 g/mol. The molecule has 0 radical (unpaired) electrons. The van der Waals surface area contributed by atoms with Crippen molar-refractivity contribution >= 4 is 27.5 Å². The van der Waals surface area contributed by atoms with Gasteiger partial charge in [-0.2, -0.15) is 0 Å². The number of ether oxygens (including phenoxy) is 1. The molecular weight excluding hydrogens is 452 g/mol. The van der Waals surface area contributed by atoms with Crippen molar-refractivity contribution in [3.8, 4) is 5.75 Å². The molecule has 0 saturated carbocycles. The highest BCUT2D eigenvalue weighted by Crippen LogP contribution is 2.44. The number of aromatic nitrogens is 2. The third-order valence-corrected chi connectivity index (χ3v) is 8.64. The summed E-state index contributed by atoms with van der Waals surface area (Å²) in [6, 6.07) is 8.15. The predicted molar refractivity (Wildman–Crippen MR) is 133 cm³/mol. The highest BCUT2D eigenvalue weighted by molar-refractivity contribution is 7.20. The lowest BCUT2D eigenvalue weighted by atomic mass is 9.74. The summed E-state index contributed by atoms with van der Waals surface area (Å²) in [5, 5.41) is 4.08. The zero-order chi connectivity index (χ0) is 24.1. The SMILES string of the molecule is COc1cccc2c1CC[C@H]1C(CCn3c(=O)c4cc(C(=O)N(C)C)sc4n(C)c3=O)NC[C@@H]21. The van der Waals surface area contributed by atoms with Crippen LogP contribution in [-0.2, 0) is 20.0 Å². The van der Waals surface area contributed by atoms with E-state index in [2.05, 4.69) is 17.4 Å². The molecule has 1 fully saturated rings. The maximum absolute atomic E-state index is 13.2. The van der Waals surface area contributed by atoms with Gasteiger partial charge in [-0.15, -0.1) is 11.3 Å². The molecule has 3 atom stereocenters. The number of carbonyl (C=O) groups excluding carboxylic acids is 1. The van der Waals surface area contributed by atoms with Crippen LogP contribution in [0.15, 0.2) is 33.9 Å². The lowest BCUT2D eigenvalue weighted by molar-refractivity contribution is 0.0832. The molecule has 1 amide bonds. The van der Waals surface area contributed by atoms with Gasteiger partial charge in [-0.3, -0.25) is 18.7 Å². The van der Waals surface area contributed by atoms with Crippen molar-refractivity contribution in [2.45, 2.75) is 37.8 Å². The summed E-state index contributed by atoms with van der Waals surface area (Å²) in [6.07, 6.45) is 2.74. The summed E-state index contributed by atoms with van der Waals surface area (Å²) in [6.45, 7) is 1.24. The summed E-state index contributed by atoms with van der Waals surface area (Å²) in [4.78, 5) is 41.1. The van der Waals surface area contributed by atoms with E-state index in [1.165, 1.54) is 36.5 Å². The number of hydrogen-bond donors (Lipinski definition) is 1. The van der Waals surface area contributed by atoms with Crippen molar-refractivity contribution in [3.05, 3.63) is 61.1 Å². The highest BCUT2D eigenvalue weighted by Gasteiger charge is 2.40. The molecule has 1 saturated heterocycles. The van der Waals surface area contributed by atoms with Crippen LogP contribution in [0.4, 0.5) is 0 Å². The molecule has 34 heavy (non-hydrogen) atoms. The molecule has 0 bridgehead atoms. The van der Waals surface area contributed by atoms with Gasteiger partial charge < -0.3 is 15.0 Å². The zero-order valence-electron chi connectivity index (χ0n) is 20.0. The number of methoxy groups -OCH3 is 1. The third-order valence-electron chi connectivity index (χ3n) is 7.44. The minimum absolute atomic E-state index is 0.171. The largest absolute Gasteiger partial charge is 0.496 e. The van der Waals surface area contributed by atoms with Gasteiger partial charge in [-0.05, 0) is 48.4 Å². The van der Waals surface area contributed by atoms with E-state index >= 15 is 0 Å². The molecule has 3 heterocycles. The molecular formula is C25H30N4O4S. The normalized spacial score (nSPS) is 21.4. The second-order valence-corrected chi connectivity index (χ2v) is 10.5. The maximum Gasteiger partial charge on any atom is 0.331 e. The second kappa shape index (κ2) is 8.70. The third kappa shape index (κ3) is 3.58. The number of nitrogens with zero attached hydrogens (tertiary/aromatic N) is 3. The van der Waals surface area contributed by atoms with Crippen LogP contribution in [0.2, 0.25) is 0 Å². The van der Waals surface area contributed by atoms with E-state index in [1.807, 2.05) is 6.07 Å². The van der Waals surface area contributed by atoms with Gasteiger partial charge in [0.25, 0.3) is 11.5 Å². The Morgan fingerprint density at radius 1 is 1.29 bits per heavy atom. The predicted octanol–water partition coefficient (Wildman–Crippen LogP) is 2.18. The molecule has 180 valence electrons. The molecule has 9 heteroatoms. The van der Waals surface area contributed by atoms with E-state index in [4.69, 9.17) is 4.74 Å². The molecule has 8 nitrogen and oxygen atoms in total. The zero-order valence-corrected chi connectivity index (χ0v) is 20.8. The summed E-state index contributed by atoms with van der Waals surface area (Å²) in [7, 11) is 6.73. The van der Waals surface area contributed by atoms with Crippen LogP contribution in [0, 0.1) is 5.92 Å². The molecule has 2 aliphatic rings. The number of rotatable bonds is 5. The van der Waals surface area contributed by atoms with E-state index in [-0.39, 0.29) is 23.2 Å². The van der Waals surface area contributed by atoms with Crippen molar-refractivity contribution in [1.82, 2.24) is 19.4 Å². The number of aryl methyl sites for hydroxylation is 1. The number of nitrogens with one attached hydrogen (secondary N) is 1. The first-order valence-corrected chi connectivity index (χ1v) is 12.5. The Morgan fingerprint density at radius 2 is 2.09 bits per heavy atom. The number of benzene rings is 1. The van der Waals surface area contributed by atoms with E-state index in [1.54, 1.807) is 34.3 Å². The minimum atomic E-state index is -0.337. The van der Waals surface area contributed by atoms with Gasteiger partial charge in [0, 0.05) is 46.2 Å². The molecule has 2 aromatic heterocycles. The number of thiophene rings is 1. The van der Waals surface area contributed by atoms with Crippen molar-refractivity contribution in [1.29, 1.82) is 0 Å². The quantitative estimate of drug-likeness (QED) is 0.603. The van der Waals surface area contributed by atoms with E-state index < -0.39 is 0 Å². The Balaban J connectivity index is 1.40. The molecule has 1 aliphatic heterocycles. The Hall–Kier alpha value is -2.91. The maximum atomic E-state index is 13.2. The van der Waals surface area contributed by atoms with Crippen LogP contribution in [0.25, 0.3) is 10.2 Å². The van der Waals surface area contributed by atoms with Crippen molar-refractivity contribution in [3.63, 3.8) is 0 Å². The van der Waals surface area contributed by atoms with Gasteiger partial charge in [0.15, 0.2) is 0 Å². The Labute approximate surface area is 201 Å². The molecule has 3 aromatic rings. The lowest BCUT2D eigenvalue weighted by Gasteiger charge is -2.31. The fraction of sp³-hybridized carbons (Fsp3) is 0.480. The number of fused-ring (bicyclic) bond motifs is 4. The van der Waals surface area contributed by atoms with E-state index in [0.717, 1.165) is 25.1 Å². The fourth-order valence-electron chi connectivity index (χ4n) is 5.70. The molecule has 0 spiro atoms. The van der Waals surface area contributed by atoms with Gasteiger partial charge in [0.2, 0.25) is 0 Å². The Bertz CT molecular complexity index is 1390. The Morgan fingerprint density at radius 3 is 2.82 bits per heavy atom. The smallest absolute Gasteiger partial charge is 0.331 e. The van der Waals surface area contributed by atoms with E-state index in [0.29, 0.717) is 39.9 Å².